The van der Waals surface area contributed by atoms with Gasteiger partial charge in [0.1, 0.15) is 0 Å². The molecule has 1 N–H and O–H groups in total. The Hall–Kier alpha value is -0.0900. The Morgan fingerprint density at radius 2 is 2.00 bits per heavy atom. The maximum Gasteiger partial charge on any atom is 0.153 e. The highest BCUT2D eigenvalue weighted by Gasteiger charge is 2.50. The molecule has 3 rings (SSSR count). The van der Waals surface area contributed by atoms with Crippen LogP contribution in [0.5, 0.6) is 0 Å². The maximum atomic E-state index is 11.8. The van der Waals surface area contributed by atoms with Crippen LogP contribution in [0.15, 0.2) is 0 Å². The summed E-state index contributed by atoms with van der Waals surface area (Å²) in [5.74, 6) is 2.21. The van der Waals surface area contributed by atoms with E-state index in [4.69, 9.17) is 0 Å². The van der Waals surface area contributed by atoms with Crippen molar-refractivity contribution >= 4 is 9.84 Å². The smallest absolute Gasteiger partial charge is 0.153 e. The van der Waals surface area contributed by atoms with Crippen molar-refractivity contribution in [3.8, 4) is 0 Å². The first-order valence-corrected chi connectivity index (χ1v) is 9.25. The fourth-order valence-corrected chi connectivity index (χ4v) is 6.56. The Bertz CT molecular complexity index is 430. The fraction of sp³-hybridized carbons (Fsp3) is 1.00. The molecule has 18 heavy (non-hydrogen) atoms. The van der Waals surface area contributed by atoms with E-state index < -0.39 is 20.7 Å². The average Bonchev–Trinajstić information content (AvgIpc) is 2.91. The minimum atomic E-state index is -3.11. The van der Waals surface area contributed by atoms with Gasteiger partial charge in [-0.3, -0.25) is 0 Å². The number of hydrogen-bond donors (Lipinski definition) is 1. The van der Waals surface area contributed by atoms with Gasteiger partial charge in [-0.25, -0.2) is 8.42 Å². The number of sulfone groups is 1. The van der Waals surface area contributed by atoms with Crippen molar-refractivity contribution < 1.29 is 13.5 Å². The van der Waals surface area contributed by atoms with Crippen molar-refractivity contribution in [2.24, 2.45) is 17.8 Å². The van der Waals surface area contributed by atoms with Crippen LogP contribution in [0.1, 0.15) is 51.4 Å². The molecule has 3 aliphatic carbocycles. The van der Waals surface area contributed by atoms with Crippen molar-refractivity contribution in [1.29, 1.82) is 0 Å². The summed E-state index contributed by atoms with van der Waals surface area (Å²) in [6.07, 6.45) is 9.41. The Balaban J connectivity index is 1.74. The molecule has 0 amide bonds. The van der Waals surface area contributed by atoms with Gasteiger partial charge in [0, 0.05) is 6.26 Å². The zero-order valence-electron chi connectivity index (χ0n) is 11.1. The Morgan fingerprint density at radius 1 is 1.22 bits per heavy atom. The number of aliphatic hydroxyl groups is 1. The number of rotatable bonds is 3. The highest BCUT2D eigenvalue weighted by atomic mass is 32.2. The molecule has 3 saturated carbocycles. The summed E-state index contributed by atoms with van der Waals surface area (Å²) in [5, 5.41) is 10.3. The van der Waals surface area contributed by atoms with Gasteiger partial charge in [-0.2, -0.15) is 0 Å². The van der Waals surface area contributed by atoms with Gasteiger partial charge in [0.15, 0.2) is 9.84 Å². The van der Waals surface area contributed by atoms with E-state index in [1.807, 2.05) is 0 Å². The molecule has 4 heteroatoms. The lowest BCUT2D eigenvalue weighted by atomic mass is 9.79. The van der Waals surface area contributed by atoms with Crippen molar-refractivity contribution in [2.75, 3.05) is 6.26 Å². The molecule has 0 aromatic heterocycles. The second-order valence-electron chi connectivity index (χ2n) is 6.95. The van der Waals surface area contributed by atoms with Gasteiger partial charge >= 0.3 is 0 Å². The lowest BCUT2D eigenvalue weighted by molar-refractivity contribution is 0.0164. The molecule has 0 radical (unpaired) electrons. The monoisotopic (exact) mass is 272 g/mol. The van der Waals surface area contributed by atoms with Crippen molar-refractivity contribution in [3.05, 3.63) is 0 Å². The lowest BCUT2D eigenvalue weighted by Crippen LogP contribution is -2.44. The molecule has 2 bridgehead atoms. The highest BCUT2D eigenvalue weighted by Crippen LogP contribution is 2.52. The van der Waals surface area contributed by atoms with Gasteiger partial charge in [0.2, 0.25) is 0 Å². The summed E-state index contributed by atoms with van der Waals surface area (Å²) in [5.41, 5.74) is -0.928. The van der Waals surface area contributed by atoms with Gasteiger partial charge in [0.05, 0.1) is 10.9 Å². The van der Waals surface area contributed by atoms with Crippen molar-refractivity contribution in [2.45, 2.75) is 62.2 Å². The predicted molar refractivity (Wildman–Crippen MR) is 71.0 cm³/mol. The van der Waals surface area contributed by atoms with Crippen LogP contribution in [0.3, 0.4) is 0 Å². The second kappa shape index (κ2) is 4.20. The van der Waals surface area contributed by atoms with Gasteiger partial charge in [-0.1, -0.05) is 6.42 Å². The molecule has 3 fully saturated rings. The normalized spacial score (nSPS) is 47.9. The zero-order chi connectivity index (χ0) is 13.0. The molecule has 5 atom stereocenters. The number of hydrogen-bond acceptors (Lipinski definition) is 3. The van der Waals surface area contributed by atoms with Gasteiger partial charge in [-0.05, 0) is 62.7 Å². The lowest BCUT2D eigenvalue weighted by Gasteiger charge is -2.34. The topological polar surface area (TPSA) is 54.4 Å². The molecule has 3 nitrogen and oxygen atoms in total. The average molecular weight is 272 g/mol. The van der Waals surface area contributed by atoms with E-state index in [0.29, 0.717) is 18.8 Å². The predicted octanol–water partition coefficient (Wildman–Crippen LogP) is 2.14. The number of fused-ring (bicyclic) bond motifs is 2. The van der Waals surface area contributed by atoms with Crippen LogP contribution < -0.4 is 0 Å². The molecule has 0 aromatic carbocycles. The molecule has 0 heterocycles. The molecular weight excluding hydrogens is 248 g/mol. The van der Waals surface area contributed by atoms with Gasteiger partial charge in [-0.15, -0.1) is 0 Å². The van der Waals surface area contributed by atoms with E-state index in [-0.39, 0.29) is 0 Å². The van der Waals surface area contributed by atoms with Crippen LogP contribution in [0.25, 0.3) is 0 Å². The van der Waals surface area contributed by atoms with Gasteiger partial charge < -0.3 is 5.11 Å². The van der Waals surface area contributed by atoms with Crippen LogP contribution in [0.4, 0.5) is 0 Å². The summed E-state index contributed by atoms with van der Waals surface area (Å²) in [4.78, 5) is 0. The molecule has 5 unspecified atom stereocenters. The standard InChI is InChI=1S/C14H24O3S/c1-18(16,17)13-3-2-6-14(13,15)9-12-8-10-4-5-11(12)7-10/h10-13,15H,2-9H2,1H3. The molecule has 0 aromatic rings. The SMILES string of the molecule is CS(=O)(=O)C1CCCC1(O)CC1CC2CCC1C2. The Morgan fingerprint density at radius 3 is 2.56 bits per heavy atom. The maximum absolute atomic E-state index is 11.8. The zero-order valence-corrected chi connectivity index (χ0v) is 12.0. The third-order valence-corrected chi connectivity index (χ3v) is 7.40. The Kier molecular flexibility index (Phi) is 3.02. The summed E-state index contributed by atoms with van der Waals surface area (Å²) >= 11 is 0. The second-order valence-corrected chi connectivity index (χ2v) is 9.18. The van der Waals surface area contributed by atoms with E-state index in [2.05, 4.69) is 0 Å². The third-order valence-electron chi connectivity index (χ3n) is 5.69. The van der Waals surface area contributed by atoms with Crippen molar-refractivity contribution in [1.82, 2.24) is 0 Å². The quantitative estimate of drug-likeness (QED) is 0.856. The first kappa shape index (κ1) is 12.9. The fourth-order valence-electron chi connectivity index (χ4n) is 4.95. The van der Waals surface area contributed by atoms with Crippen molar-refractivity contribution in [3.63, 3.8) is 0 Å². The minimum absolute atomic E-state index is 0.510. The van der Waals surface area contributed by atoms with Crippen LogP contribution in [-0.4, -0.2) is 30.6 Å². The highest BCUT2D eigenvalue weighted by molar-refractivity contribution is 7.91. The van der Waals surface area contributed by atoms with Crippen LogP contribution in [0.2, 0.25) is 0 Å². The molecule has 3 aliphatic rings. The van der Waals surface area contributed by atoms with Crippen LogP contribution in [-0.2, 0) is 9.84 Å². The summed E-state index contributed by atoms with van der Waals surface area (Å²) in [6, 6.07) is 0. The molecule has 0 spiro atoms. The molecule has 0 aliphatic heterocycles. The molecule has 104 valence electrons. The van der Waals surface area contributed by atoms with Crippen LogP contribution in [0, 0.1) is 17.8 Å². The molecule has 0 saturated heterocycles. The van der Waals surface area contributed by atoms with Gasteiger partial charge in [0.25, 0.3) is 0 Å². The van der Waals surface area contributed by atoms with E-state index in [0.717, 1.165) is 24.7 Å². The summed E-state index contributed by atoms with van der Waals surface area (Å²) in [7, 11) is -3.11. The largest absolute Gasteiger partial charge is 0.389 e. The first-order valence-electron chi connectivity index (χ1n) is 7.30. The Labute approximate surface area is 110 Å². The van der Waals surface area contributed by atoms with E-state index in [9.17, 15) is 13.5 Å². The first-order chi connectivity index (χ1) is 8.38. The summed E-state index contributed by atoms with van der Waals surface area (Å²) in [6.45, 7) is 0. The molecular formula is C14H24O3S. The van der Waals surface area contributed by atoms with E-state index >= 15 is 0 Å². The van der Waals surface area contributed by atoms with E-state index in [1.165, 1.54) is 31.9 Å². The summed E-state index contributed by atoms with van der Waals surface area (Å²) < 4.78 is 23.6. The third kappa shape index (κ3) is 2.11. The van der Waals surface area contributed by atoms with Crippen LogP contribution >= 0.6 is 0 Å². The minimum Gasteiger partial charge on any atom is -0.389 e. The van der Waals surface area contributed by atoms with E-state index in [1.54, 1.807) is 0 Å².